The second-order valence-electron chi connectivity index (χ2n) is 5.73. The van der Waals surface area contributed by atoms with E-state index in [0.29, 0.717) is 10.7 Å². The Balaban J connectivity index is 1.86. The first-order chi connectivity index (χ1) is 11.5. The van der Waals surface area contributed by atoms with Crippen molar-refractivity contribution in [3.05, 3.63) is 41.3 Å². The Labute approximate surface area is 145 Å². The molecule has 2 heterocycles. The third kappa shape index (κ3) is 3.58. The van der Waals surface area contributed by atoms with E-state index in [-0.39, 0.29) is 17.6 Å². The van der Waals surface area contributed by atoms with Crippen LogP contribution in [-0.4, -0.2) is 35.0 Å². The number of piperidine rings is 1. The number of anilines is 3. The van der Waals surface area contributed by atoms with Crippen LogP contribution in [0.4, 0.5) is 17.2 Å². The fourth-order valence-corrected chi connectivity index (χ4v) is 2.90. The highest BCUT2D eigenvalue weighted by Crippen LogP contribution is 2.31. The van der Waals surface area contributed by atoms with Crippen LogP contribution in [-0.2, 0) is 0 Å². The third-order valence-corrected chi connectivity index (χ3v) is 4.26. The summed E-state index contributed by atoms with van der Waals surface area (Å²) in [6.07, 6.45) is 4.68. The summed E-state index contributed by atoms with van der Waals surface area (Å²) in [4.78, 5) is 22.5. The number of halogens is 1. The van der Waals surface area contributed by atoms with Crippen molar-refractivity contribution >= 4 is 34.7 Å². The predicted molar refractivity (Wildman–Crippen MR) is 95.3 cm³/mol. The van der Waals surface area contributed by atoms with Gasteiger partial charge in [-0.25, -0.2) is 9.97 Å². The van der Waals surface area contributed by atoms with Crippen LogP contribution in [0.25, 0.3) is 0 Å². The summed E-state index contributed by atoms with van der Waals surface area (Å²) in [5.41, 5.74) is 13.3. The predicted octanol–water partition coefficient (Wildman–Crippen LogP) is 1.89. The summed E-state index contributed by atoms with van der Waals surface area (Å²) >= 11 is 6.10. The molecule has 0 bridgehead atoms. The number of hydrogen-bond donors (Lipinski definition) is 3. The molecule has 1 amide bonds. The quantitative estimate of drug-likeness (QED) is 0.782. The summed E-state index contributed by atoms with van der Waals surface area (Å²) in [5.74, 6) is -0.333. The number of aromatic nitrogens is 2. The van der Waals surface area contributed by atoms with Crippen LogP contribution < -0.4 is 21.7 Å². The highest BCUT2D eigenvalue weighted by Gasteiger charge is 2.21. The van der Waals surface area contributed by atoms with E-state index in [2.05, 4.69) is 20.2 Å². The lowest BCUT2D eigenvalue weighted by Crippen LogP contribution is -2.40. The van der Waals surface area contributed by atoms with Gasteiger partial charge in [-0.15, -0.1) is 0 Å². The van der Waals surface area contributed by atoms with Crippen LogP contribution in [0, 0.1) is 0 Å². The van der Waals surface area contributed by atoms with E-state index < -0.39 is 5.91 Å². The van der Waals surface area contributed by atoms with Gasteiger partial charge in [0.25, 0.3) is 5.91 Å². The molecule has 1 aliphatic heterocycles. The molecule has 0 spiro atoms. The third-order valence-electron chi connectivity index (χ3n) is 4.03. The van der Waals surface area contributed by atoms with Crippen LogP contribution in [0.3, 0.4) is 0 Å². The van der Waals surface area contributed by atoms with Gasteiger partial charge >= 0.3 is 0 Å². The second kappa shape index (κ2) is 7.02. The summed E-state index contributed by atoms with van der Waals surface area (Å²) < 4.78 is 0. The number of carbonyl (C=O) groups excluding carboxylic acids is 1. The van der Waals surface area contributed by atoms with Crippen LogP contribution in [0.2, 0.25) is 5.02 Å². The number of nitrogens with zero attached hydrogens (tertiary/aromatic N) is 3. The molecule has 1 aromatic heterocycles. The average molecular weight is 347 g/mol. The van der Waals surface area contributed by atoms with E-state index in [9.17, 15) is 4.79 Å². The maximum atomic E-state index is 12.5. The van der Waals surface area contributed by atoms with Gasteiger partial charge in [-0.1, -0.05) is 11.6 Å². The number of nitrogen functional groups attached to an aromatic ring is 1. The van der Waals surface area contributed by atoms with Crippen molar-refractivity contribution in [1.29, 1.82) is 0 Å². The minimum absolute atomic E-state index is 0.0857. The fourth-order valence-electron chi connectivity index (χ4n) is 2.73. The van der Waals surface area contributed by atoms with Crippen LogP contribution >= 0.6 is 11.6 Å². The monoisotopic (exact) mass is 346 g/mol. The maximum Gasteiger partial charge on any atom is 0.278 e. The van der Waals surface area contributed by atoms with Crippen LogP contribution in [0.1, 0.15) is 23.3 Å². The summed E-state index contributed by atoms with van der Waals surface area (Å²) in [6.45, 7) is 1.66. The van der Waals surface area contributed by atoms with Crippen LogP contribution in [0.15, 0.2) is 30.6 Å². The number of nitrogens with two attached hydrogens (primary N) is 2. The van der Waals surface area contributed by atoms with E-state index in [1.807, 2.05) is 6.07 Å². The highest BCUT2D eigenvalue weighted by molar-refractivity contribution is 6.31. The zero-order valence-corrected chi connectivity index (χ0v) is 13.8. The molecule has 0 aliphatic carbocycles. The Morgan fingerprint density at radius 1 is 1.25 bits per heavy atom. The van der Waals surface area contributed by atoms with Gasteiger partial charge < -0.3 is 21.7 Å². The highest BCUT2D eigenvalue weighted by atomic mass is 35.5. The van der Waals surface area contributed by atoms with Crippen molar-refractivity contribution in [2.45, 2.75) is 18.9 Å². The first-order valence-corrected chi connectivity index (χ1v) is 8.10. The lowest BCUT2D eigenvalue weighted by molar-refractivity contribution is 0.102. The van der Waals surface area contributed by atoms with E-state index in [0.717, 1.165) is 31.6 Å². The number of rotatable bonds is 3. The zero-order chi connectivity index (χ0) is 17.1. The van der Waals surface area contributed by atoms with Gasteiger partial charge in [-0.05, 0) is 31.0 Å². The molecule has 126 valence electrons. The molecule has 1 aromatic carbocycles. The Hall–Kier alpha value is -2.38. The van der Waals surface area contributed by atoms with Gasteiger partial charge in [0.2, 0.25) is 0 Å². The van der Waals surface area contributed by atoms with Crippen molar-refractivity contribution in [2.24, 2.45) is 5.73 Å². The maximum absolute atomic E-state index is 12.5. The molecule has 0 atom stereocenters. The average Bonchev–Trinajstić information content (AvgIpc) is 2.56. The lowest BCUT2D eigenvalue weighted by atomic mass is 10.0. The molecule has 8 heteroatoms. The molecule has 7 nitrogen and oxygen atoms in total. The van der Waals surface area contributed by atoms with Gasteiger partial charge in [-0.3, -0.25) is 4.79 Å². The minimum atomic E-state index is -0.419. The molecule has 1 saturated heterocycles. The van der Waals surface area contributed by atoms with Crippen molar-refractivity contribution in [2.75, 3.05) is 29.0 Å². The molecule has 0 unspecified atom stereocenters. The Kier molecular flexibility index (Phi) is 4.82. The first kappa shape index (κ1) is 16.5. The SMILES string of the molecule is Nc1nccnc1C(=O)Nc1cc(Cl)ccc1N1CCC(N)CC1. The molecule has 3 rings (SSSR count). The Bertz CT molecular complexity index is 745. The normalized spacial score (nSPS) is 15.3. The Morgan fingerprint density at radius 2 is 1.96 bits per heavy atom. The zero-order valence-electron chi connectivity index (χ0n) is 13.1. The smallest absolute Gasteiger partial charge is 0.278 e. The molecule has 0 saturated carbocycles. The van der Waals surface area contributed by atoms with Crippen molar-refractivity contribution < 1.29 is 4.79 Å². The second-order valence-corrected chi connectivity index (χ2v) is 6.17. The van der Waals surface area contributed by atoms with Crippen molar-refractivity contribution in [3.63, 3.8) is 0 Å². The van der Waals surface area contributed by atoms with E-state index >= 15 is 0 Å². The number of amides is 1. The summed E-state index contributed by atoms with van der Waals surface area (Å²) in [5, 5.41) is 3.38. The van der Waals surface area contributed by atoms with Crippen molar-refractivity contribution in [3.8, 4) is 0 Å². The topological polar surface area (TPSA) is 110 Å². The van der Waals surface area contributed by atoms with E-state index in [1.165, 1.54) is 12.4 Å². The van der Waals surface area contributed by atoms with E-state index in [4.69, 9.17) is 23.1 Å². The molecule has 1 fully saturated rings. The van der Waals surface area contributed by atoms with Crippen molar-refractivity contribution in [1.82, 2.24) is 9.97 Å². The molecule has 2 aromatic rings. The lowest BCUT2D eigenvalue weighted by Gasteiger charge is -2.33. The van der Waals surface area contributed by atoms with Gasteiger partial charge in [-0.2, -0.15) is 0 Å². The molecule has 0 radical (unpaired) electrons. The summed E-state index contributed by atoms with van der Waals surface area (Å²) in [7, 11) is 0. The van der Waals surface area contributed by atoms with Gasteiger partial charge in [0.1, 0.15) is 0 Å². The number of benzene rings is 1. The number of carbonyl (C=O) groups is 1. The number of nitrogens with one attached hydrogen (secondary N) is 1. The molecule has 5 N–H and O–H groups in total. The minimum Gasteiger partial charge on any atom is -0.382 e. The van der Waals surface area contributed by atoms with Crippen LogP contribution in [0.5, 0.6) is 0 Å². The van der Waals surface area contributed by atoms with Gasteiger partial charge in [0, 0.05) is 36.5 Å². The van der Waals surface area contributed by atoms with E-state index in [1.54, 1.807) is 12.1 Å². The first-order valence-electron chi connectivity index (χ1n) is 7.72. The summed E-state index contributed by atoms with van der Waals surface area (Å²) in [6, 6.07) is 5.65. The Morgan fingerprint density at radius 3 is 2.67 bits per heavy atom. The molecular formula is C16H19ClN6O. The molecule has 1 aliphatic rings. The number of hydrogen-bond acceptors (Lipinski definition) is 6. The largest absolute Gasteiger partial charge is 0.382 e. The standard InChI is InChI=1S/C16H19ClN6O/c17-10-1-2-13(23-7-3-11(18)4-8-23)12(9-10)22-16(24)14-15(19)21-6-5-20-14/h1-2,5-6,9,11H,3-4,7-8,18H2,(H2,19,21)(H,22,24). The van der Waals surface area contributed by atoms with Gasteiger partial charge in [0.15, 0.2) is 11.5 Å². The van der Waals surface area contributed by atoms with Gasteiger partial charge in [0.05, 0.1) is 11.4 Å². The molecule has 24 heavy (non-hydrogen) atoms. The molecular weight excluding hydrogens is 328 g/mol. The fraction of sp³-hybridized carbons (Fsp3) is 0.312.